The van der Waals surface area contributed by atoms with Gasteiger partial charge in [-0.25, -0.2) is 4.79 Å². The Labute approximate surface area is 124 Å². The van der Waals surface area contributed by atoms with E-state index in [1.165, 1.54) is 18.5 Å². The van der Waals surface area contributed by atoms with Gasteiger partial charge in [-0.2, -0.15) is 0 Å². The fourth-order valence-electron chi connectivity index (χ4n) is 1.83. The van der Waals surface area contributed by atoms with Gasteiger partial charge in [-0.15, -0.1) is 0 Å². The topological polar surface area (TPSA) is 73.7 Å². The summed E-state index contributed by atoms with van der Waals surface area (Å²) in [4.78, 5) is 30.6. The lowest BCUT2D eigenvalue weighted by atomic mass is 10.1. The fourth-order valence-corrected chi connectivity index (χ4v) is 1.83. The summed E-state index contributed by atoms with van der Waals surface area (Å²) >= 11 is 0. The van der Waals surface area contributed by atoms with Crippen molar-refractivity contribution in [3.05, 3.63) is 35.7 Å². The molecule has 1 amide bonds. The van der Waals surface area contributed by atoms with Gasteiger partial charge >= 0.3 is 5.97 Å². The van der Waals surface area contributed by atoms with Gasteiger partial charge in [0.2, 0.25) is 0 Å². The van der Waals surface area contributed by atoms with Crippen molar-refractivity contribution < 1.29 is 14.7 Å². The predicted molar refractivity (Wildman–Crippen MR) is 81.0 cm³/mol. The minimum absolute atomic E-state index is 0.138. The average Bonchev–Trinajstić information content (AvgIpc) is 2.44. The Morgan fingerprint density at radius 3 is 2.62 bits per heavy atom. The largest absolute Gasteiger partial charge is 0.478 e. The fraction of sp³-hybridized carbons (Fsp3) is 0.400. The summed E-state index contributed by atoms with van der Waals surface area (Å²) in [5.41, 5.74) is 0.958. The number of hydrogen-bond acceptors (Lipinski definition) is 4. The van der Waals surface area contributed by atoms with Crippen molar-refractivity contribution in [3.8, 4) is 0 Å². The Balaban J connectivity index is 2.79. The molecule has 114 valence electrons. The van der Waals surface area contributed by atoms with Gasteiger partial charge in [-0.05, 0) is 39.2 Å². The van der Waals surface area contributed by atoms with Crippen LogP contribution in [0, 0.1) is 0 Å². The Bertz CT molecular complexity index is 527. The highest BCUT2D eigenvalue weighted by molar-refractivity contribution is 5.98. The summed E-state index contributed by atoms with van der Waals surface area (Å²) in [7, 11) is 5.71. The van der Waals surface area contributed by atoms with Gasteiger partial charge in [0.05, 0.1) is 0 Å². The molecule has 6 nitrogen and oxygen atoms in total. The number of aromatic nitrogens is 1. The van der Waals surface area contributed by atoms with Gasteiger partial charge in [0, 0.05) is 43.2 Å². The van der Waals surface area contributed by atoms with Crippen LogP contribution in [-0.4, -0.2) is 66.0 Å². The van der Waals surface area contributed by atoms with Crippen molar-refractivity contribution in [1.29, 1.82) is 0 Å². The number of aliphatic carboxylic acids is 1. The molecule has 0 spiro atoms. The van der Waals surface area contributed by atoms with Crippen molar-refractivity contribution in [2.45, 2.75) is 6.42 Å². The zero-order chi connectivity index (χ0) is 15.8. The van der Waals surface area contributed by atoms with E-state index in [-0.39, 0.29) is 5.91 Å². The molecule has 0 aliphatic rings. The van der Waals surface area contributed by atoms with Gasteiger partial charge in [0.1, 0.15) is 0 Å². The molecular weight excluding hydrogens is 270 g/mol. The van der Waals surface area contributed by atoms with Crippen molar-refractivity contribution in [2.24, 2.45) is 0 Å². The van der Waals surface area contributed by atoms with Crippen LogP contribution in [0.25, 0.3) is 6.08 Å². The second-order valence-corrected chi connectivity index (χ2v) is 5.02. The zero-order valence-electron chi connectivity index (χ0n) is 12.6. The molecule has 1 rings (SSSR count). The van der Waals surface area contributed by atoms with E-state index in [0.29, 0.717) is 17.7 Å². The number of nitrogens with zero attached hydrogens (tertiary/aromatic N) is 3. The lowest BCUT2D eigenvalue weighted by Gasteiger charge is -2.19. The second-order valence-electron chi connectivity index (χ2n) is 5.02. The van der Waals surface area contributed by atoms with Crippen molar-refractivity contribution >= 4 is 18.0 Å². The van der Waals surface area contributed by atoms with E-state index in [1.54, 1.807) is 18.0 Å². The van der Waals surface area contributed by atoms with Gasteiger partial charge < -0.3 is 14.9 Å². The van der Waals surface area contributed by atoms with Crippen LogP contribution in [0.1, 0.15) is 22.3 Å². The number of carbonyl (C=O) groups is 2. The Morgan fingerprint density at radius 1 is 1.29 bits per heavy atom. The highest BCUT2D eigenvalue weighted by Gasteiger charge is 2.14. The van der Waals surface area contributed by atoms with Crippen molar-refractivity contribution in [1.82, 2.24) is 14.8 Å². The summed E-state index contributed by atoms with van der Waals surface area (Å²) < 4.78 is 0. The van der Waals surface area contributed by atoms with Crippen LogP contribution in [0.2, 0.25) is 0 Å². The first-order valence-electron chi connectivity index (χ1n) is 6.67. The Kier molecular flexibility index (Phi) is 6.55. The van der Waals surface area contributed by atoms with Crippen molar-refractivity contribution in [2.75, 3.05) is 34.2 Å². The zero-order valence-corrected chi connectivity index (χ0v) is 12.6. The molecule has 21 heavy (non-hydrogen) atoms. The summed E-state index contributed by atoms with van der Waals surface area (Å²) in [5, 5.41) is 8.67. The minimum Gasteiger partial charge on any atom is -0.478 e. The lowest BCUT2D eigenvalue weighted by molar-refractivity contribution is -0.131. The van der Waals surface area contributed by atoms with Crippen LogP contribution in [0.3, 0.4) is 0 Å². The number of pyridine rings is 1. The molecule has 0 aromatic carbocycles. The molecule has 1 aromatic rings. The van der Waals surface area contributed by atoms with E-state index in [0.717, 1.165) is 19.0 Å². The standard InChI is InChI=1S/C15H21N3O3/c1-17(2)9-4-10-18(3)15(21)13-7-8-16-11-12(13)5-6-14(19)20/h5-8,11H,4,9-10H2,1-3H3,(H,19,20). The lowest BCUT2D eigenvalue weighted by Crippen LogP contribution is -2.30. The SMILES string of the molecule is CN(C)CCCN(C)C(=O)c1ccncc1C=CC(=O)O. The molecule has 0 saturated carbocycles. The third-order valence-electron chi connectivity index (χ3n) is 2.93. The number of rotatable bonds is 7. The van der Waals surface area contributed by atoms with E-state index in [1.807, 2.05) is 14.1 Å². The molecule has 0 aliphatic carbocycles. The van der Waals surface area contributed by atoms with Gasteiger partial charge in [0.15, 0.2) is 0 Å². The molecule has 6 heteroatoms. The quantitative estimate of drug-likeness (QED) is 0.764. The first-order valence-corrected chi connectivity index (χ1v) is 6.67. The van der Waals surface area contributed by atoms with Gasteiger partial charge in [-0.1, -0.05) is 0 Å². The second kappa shape index (κ2) is 8.16. The normalized spacial score (nSPS) is 11.0. The molecule has 0 radical (unpaired) electrons. The summed E-state index contributed by atoms with van der Waals surface area (Å²) in [6.45, 7) is 1.54. The smallest absolute Gasteiger partial charge is 0.328 e. The van der Waals surface area contributed by atoms with E-state index in [4.69, 9.17) is 5.11 Å². The number of carbonyl (C=O) groups excluding carboxylic acids is 1. The molecule has 0 saturated heterocycles. The molecule has 1 aromatic heterocycles. The Hall–Kier alpha value is -2.21. The number of hydrogen-bond donors (Lipinski definition) is 1. The number of carboxylic acids is 1. The molecule has 0 bridgehead atoms. The van der Waals surface area contributed by atoms with Crippen LogP contribution < -0.4 is 0 Å². The predicted octanol–water partition coefficient (Wildman–Crippen LogP) is 1.20. The van der Waals surface area contributed by atoms with Gasteiger partial charge in [-0.3, -0.25) is 9.78 Å². The molecule has 1 N–H and O–H groups in total. The van der Waals surface area contributed by atoms with Crippen LogP contribution >= 0.6 is 0 Å². The summed E-state index contributed by atoms with van der Waals surface area (Å²) in [6, 6.07) is 1.60. The van der Waals surface area contributed by atoms with E-state index in [2.05, 4.69) is 9.88 Å². The van der Waals surface area contributed by atoms with Crippen LogP contribution in [-0.2, 0) is 4.79 Å². The third kappa shape index (κ3) is 5.74. The van der Waals surface area contributed by atoms with Crippen molar-refractivity contribution in [3.63, 3.8) is 0 Å². The molecular formula is C15H21N3O3. The van der Waals surface area contributed by atoms with E-state index < -0.39 is 5.97 Å². The molecule has 1 heterocycles. The molecule has 0 aliphatic heterocycles. The third-order valence-corrected chi connectivity index (χ3v) is 2.93. The molecule has 0 atom stereocenters. The Morgan fingerprint density at radius 2 is 2.00 bits per heavy atom. The highest BCUT2D eigenvalue weighted by atomic mass is 16.4. The maximum absolute atomic E-state index is 12.4. The van der Waals surface area contributed by atoms with Crippen LogP contribution in [0.5, 0.6) is 0 Å². The van der Waals surface area contributed by atoms with Crippen LogP contribution in [0.15, 0.2) is 24.5 Å². The molecule has 0 unspecified atom stereocenters. The summed E-state index contributed by atoms with van der Waals surface area (Å²) in [6.07, 6.45) is 6.27. The van der Waals surface area contributed by atoms with Gasteiger partial charge in [0.25, 0.3) is 5.91 Å². The molecule has 0 fully saturated rings. The van der Waals surface area contributed by atoms with E-state index in [9.17, 15) is 9.59 Å². The van der Waals surface area contributed by atoms with Crippen LogP contribution in [0.4, 0.5) is 0 Å². The monoisotopic (exact) mass is 291 g/mol. The number of amides is 1. The first kappa shape index (κ1) is 16.8. The average molecular weight is 291 g/mol. The summed E-state index contributed by atoms with van der Waals surface area (Å²) in [5.74, 6) is -1.20. The maximum atomic E-state index is 12.4. The maximum Gasteiger partial charge on any atom is 0.328 e. The van der Waals surface area contributed by atoms with E-state index >= 15 is 0 Å². The number of carboxylic acid groups (broad SMARTS) is 1. The first-order chi connectivity index (χ1) is 9.91. The minimum atomic E-state index is -1.06. The highest BCUT2D eigenvalue weighted by Crippen LogP contribution is 2.12.